The van der Waals surface area contributed by atoms with E-state index < -0.39 is 27.9 Å². The maximum Gasteiger partial charge on any atom is 0.275 e. The number of sulfonamides is 1. The van der Waals surface area contributed by atoms with Gasteiger partial charge in [-0.05, 0) is 43.3 Å². The van der Waals surface area contributed by atoms with Crippen molar-refractivity contribution >= 4 is 15.9 Å². The molecule has 0 saturated carbocycles. The van der Waals surface area contributed by atoms with Gasteiger partial charge in [-0.1, -0.05) is 0 Å². The summed E-state index contributed by atoms with van der Waals surface area (Å²) < 4.78 is 53.2. The maximum absolute atomic E-state index is 12.9. The Morgan fingerprint density at radius 1 is 1.04 bits per heavy atom. The first-order valence-corrected chi connectivity index (χ1v) is 9.21. The second-order valence-electron chi connectivity index (χ2n) is 5.33. The molecule has 146 valence electrons. The smallest absolute Gasteiger partial charge is 0.275 e. The Kier molecular flexibility index (Phi) is 6.59. The topological polar surface area (TPSA) is 103 Å². The zero-order valence-electron chi connectivity index (χ0n) is 14.9. The van der Waals surface area contributed by atoms with Crippen LogP contribution in [0.1, 0.15) is 6.92 Å². The molecule has 0 fully saturated rings. The van der Waals surface area contributed by atoms with Crippen LogP contribution < -0.4 is 24.5 Å². The van der Waals surface area contributed by atoms with Crippen molar-refractivity contribution in [2.75, 3.05) is 14.2 Å². The Hall–Kier alpha value is -2.85. The summed E-state index contributed by atoms with van der Waals surface area (Å²) in [4.78, 5) is 13.8. The Balaban J connectivity index is 2.05. The minimum atomic E-state index is -4.13. The van der Waals surface area contributed by atoms with Gasteiger partial charge in [0.15, 0.2) is 6.10 Å². The number of amides is 1. The van der Waals surface area contributed by atoms with Crippen LogP contribution in [0.15, 0.2) is 47.4 Å². The molecule has 0 aliphatic carbocycles. The second-order valence-corrected chi connectivity index (χ2v) is 6.98. The van der Waals surface area contributed by atoms with Gasteiger partial charge in [0.1, 0.15) is 28.0 Å². The van der Waals surface area contributed by atoms with Gasteiger partial charge >= 0.3 is 0 Å². The fourth-order valence-electron chi connectivity index (χ4n) is 2.04. The van der Waals surface area contributed by atoms with Crippen molar-refractivity contribution in [2.24, 2.45) is 0 Å². The molecular formula is C17H19FN2O6S. The average molecular weight is 398 g/mol. The molecule has 0 heterocycles. The van der Waals surface area contributed by atoms with Crippen LogP contribution in [0.4, 0.5) is 4.39 Å². The number of carbonyl (C=O) groups is 1. The van der Waals surface area contributed by atoms with Crippen molar-refractivity contribution in [3.63, 3.8) is 0 Å². The first-order valence-electron chi connectivity index (χ1n) is 7.72. The monoisotopic (exact) mass is 398 g/mol. The number of benzene rings is 2. The summed E-state index contributed by atoms with van der Waals surface area (Å²) >= 11 is 0. The van der Waals surface area contributed by atoms with E-state index in [-0.39, 0.29) is 16.4 Å². The first-order chi connectivity index (χ1) is 12.8. The highest BCUT2D eigenvalue weighted by atomic mass is 32.2. The predicted molar refractivity (Wildman–Crippen MR) is 94.5 cm³/mol. The lowest BCUT2D eigenvalue weighted by Gasteiger charge is -2.16. The van der Waals surface area contributed by atoms with Gasteiger partial charge in [0.05, 0.1) is 14.2 Å². The number of hydrogen-bond acceptors (Lipinski definition) is 6. The van der Waals surface area contributed by atoms with Gasteiger partial charge < -0.3 is 14.2 Å². The van der Waals surface area contributed by atoms with Gasteiger partial charge in [0.25, 0.3) is 15.9 Å². The van der Waals surface area contributed by atoms with E-state index in [0.29, 0.717) is 5.75 Å². The zero-order valence-corrected chi connectivity index (χ0v) is 15.7. The normalized spacial score (nSPS) is 12.1. The van der Waals surface area contributed by atoms with Crippen molar-refractivity contribution in [3.05, 3.63) is 48.3 Å². The van der Waals surface area contributed by atoms with Gasteiger partial charge in [0.2, 0.25) is 0 Å². The molecule has 1 amide bonds. The van der Waals surface area contributed by atoms with E-state index in [1.54, 1.807) is 0 Å². The molecule has 2 N–H and O–H groups in total. The number of nitrogens with one attached hydrogen (secondary N) is 2. The Morgan fingerprint density at radius 3 is 2.26 bits per heavy atom. The molecule has 0 aromatic heterocycles. The van der Waals surface area contributed by atoms with E-state index in [1.807, 2.05) is 4.83 Å². The lowest BCUT2D eigenvalue weighted by Crippen LogP contribution is -2.47. The maximum atomic E-state index is 12.9. The molecule has 0 unspecified atom stereocenters. The number of rotatable bonds is 8. The number of halogens is 1. The molecule has 2 rings (SSSR count). The molecule has 0 bridgehead atoms. The Bertz CT molecular complexity index is 902. The van der Waals surface area contributed by atoms with Crippen LogP contribution in [-0.2, 0) is 14.8 Å². The van der Waals surface area contributed by atoms with E-state index in [9.17, 15) is 17.6 Å². The second kappa shape index (κ2) is 8.69. The number of ether oxygens (including phenoxy) is 3. The summed E-state index contributed by atoms with van der Waals surface area (Å²) in [6.45, 7) is 1.42. The number of hydrogen-bond donors (Lipinski definition) is 2. The number of methoxy groups -OCH3 is 2. The molecule has 0 saturated heterocycles. The van der Waals surface area contributed by atoms with Gasteiger partial charge in [-0.25, -0.2) is 12.8 Å². The Labute approximate surface area is 156 Å². The van der Waals surface area contributed by atoms with Gasteiger partial charge in [-0.3, -0.25) is 10.2 Å². The van der Waals surface area contributed by atoms with Crippen molar-refractivity contribution < 1.29 is 31.8 Å². The summed E-state index contributed by atoms with van der Waals surface area (Å²) in [7, 11) is -1.43. The third-order valence-electron chi connectivity index (χ3n) is 3.46. The fraction of sp³-hybridized carbons (Fsp3) is 0.235. The summed E-state index contributed by atoms with van der Waals surface area (Å²) in [6.07, 6.45) is -1.04. The minimum absolute atomic E-state index is 0.0770. The largest absolute Gasteiger partial charge is 0.497 e. The molecule has 0 radical (unpaired) electrons. The molecule has 0 aliphatic heterocycles. The molecular weight excluding hydrogens is 379 g/mol. The lowest BCUT2D eigenvalue weighted by molar-refractivity contribution is -0.127. The van der Waals surface area contributed by atoms with E-state index in [2.05, 4.69) is 5.43 Å². The van der Waals surface area contributed by atoms with Gasteiger partial charge in [0, 0.05) is 6.07 Å². The third-order valence-corrected chi connectivity index (χ3v) is 4.73. The molecule has 10 heteroatoms. The van der Waals surface area contributed by atoms with Crippen LogP contribution >= 0.6 is 0 Å². The molecule has 27 heavy (non-hydrogen) atoms. The number of carbonyl (C=O) groups excluding carboxylic acids is 1. The molecule has 0 aliphatic rings. The summed E-state index contributed by atoms with van der Waals surface area (Å²) in [6, 6.07) is 9.28. The average Bonchev–Trinajstić information content (AvgIpc) is 2.67. The number of hydrazine groups is 1. The summed E-state index contributed by atoms with van der Waals surface area (Å²) in [5, 5.41) is 0. The van der Waals surface area contributed by atoms with Crippen LogP contribution in [0.25, 0.3) is 0 Å². The van der Waals surface area contributed by atoms with Gasteiger partial charge in [-0.15, -0.1) is 4.83 Å². The summed E-state index contributed by atoms with van der Waals surface area (Å²) in [5.74, 6) is -0.552. The van der Waals surface area contributed by atoms with Crippen LogP contribution in [0.5, 0.6) is 17.2 Å². The highest BCUT2D eigenvalue weighted by Gasteiger charge is 2.23. The van der Waals surface area contributed by atoms with E-state index in [0.717, 1.165) is 0 Å². The van der Waals surface area contributed by atoms with Crippen molar-refractivity contribution in [1.82, 2.24) is 10.3 Å². The lowest BCUT2D eigenvalue weighted by atomic mass is 10.3. The highest BCUT2D eigenvalue weighted by molar-refractivity contribution is 7.89. The quantitative estimate of drug-likeness (QED) is 0.655. The SMILES string of the molecule is COc1ccc(OC)c(S(=O)(=O)NNC(=O)[C@H](C)Oc2ccc(F)cc2)c1. The molecule has 2 aromatic rings. The van der Waals surface area contributed by atoms with E-state index in [1.165, 1.54) is 63.6 Å². The van der Waals surface area contributed by atoms with E-state index in [4.69, 9.17) is 14.2 Å². The van der Waals surface area contributed by atoms with Crippen LogP contribution in [0.3, 0.4) is 0 Å². The molecule has 8 nitrogen and oxygen atoms in total. The van der Waals surface area contributed by atoms with Crippen LogP contribution in [0, 0.1) is 5.82 Å². The van der Waals surface area contributed by atoms with Crippen LogP contribution in [-0.4, -0.2) is 34.6 Å². The van der Waals surface area contributed by atoms with Crippen LogP contribution in [0.2, 0.25) is 0 Å². The molecule has 0 spiro atoms. The molecule has 2 aromatic carbocycles. The zero-order chi connectivity index (χ0) is 20.0. The molecule has 1 atom stereocenters. The van der Waals surface area contributed by atoms with Crippen molar-refractivity contribution in [2.45, 2.75) is 17.9 Å². The predicted octanol–water partition coefficient (Wildman–Crippen LogP) is 1.62. The van der Waals surface area contributed by atoms with Gasteiger partial charge in [-0.2, -0.15) is 0 Å². The summed E-state index contributed by atoms with van der Waals surface area (Å²) in [5.41, 5.74) is 2.07. The Morgan fingerprint density at radius 2 is 1.67 bits per heavy atom. The fourth-order valence-corrected chi connectivity index (χ4v) is 3.07. The van der Waals surface area contributed by atoms with E-state index >= 15 is 0 Å². The minimum Gasteiger partial charge on any atom is -0.497 e. The van der Waals surface area contributed by atoms with Crippen molar-refractivity contribution in [3.8, 4) is 17.2 Å². The standard InChI is InChI=1S/C17H19FN2O6S/c1-11(26-13-6-4-12(18)5-7-13)17(21)19-20-27(22,23)16-10-14(24-2)8-9-15(16)25-3/h4-11,20H,1-3H3,(H,19,21)/t11-/m0/s1. The van der Waals surface area contributed by atoms with Crippen molar-refractivity contribution in [1.29, 1.82) is 0 Å². The first kappa shape index (κ1) is 20.5. The third kappa shape index (κ3) is 5.31. The highest BCUT2D eigenvalue weighted by Crippen LogP contribution is 2.27.